The lowest BCUT2D eigenvalue weighted by Crippen LogP contribution is -2.24. The molecule has 0 aromatic carbocycles. The van der Waals surface area contributed by atoms with Crippen molar-refractivity contribution >= 4 is 11.8 Å². The number of hydrogen-bond acceptors (Lipinski definition) is 3. The summed E-state index contributed by atoms with van der Waals surface area (Å²) in [6.45, 7) is 6.90. The molecule has 0 amide bonds. The summed E-state index contributed by atoms with van der Waals surface area (Å²) in [7, 11) is 0. The van der Waals surface area contributed by atoms with Gasteiger partial charge in [-0.15, -0.1) is 11.8 Å². The Morgan fingerprint density at radius 2 is 2.29 bits per heavy atom. The highest BCUT2D eigenvalue weighted by molar-refractivity contribution is 7.99. The predicted molar refractivity (Wildman–Crippen MR) is 74.5 cm³/mol. The molecule has 2 nitrogen and oxygen atoms in total. The zero-order chi connectivity index (χ0) is 12.1. The minimum atomic E-state index is 0.614. The molecule has 3 heteroatoms. The van der Waals surface area contributed by atoms with Crippen LogP contribution in [0, 0.1) is 0 Å². The average Bonchev–Trinajstić information content (AvgIpc) is 2.79. The van der Waals surface area contributed by atoms with Gasteiger partial charge in [-0.1, -0.05) is 19.9 Å². The summed E-state index contributed by atoms with van der Waals surface area (Å²) in [6.07, 6.45) is 5.95. The fourth-order valence-electron chi connectivity index (χ4n) is 2.58. The predicted octanol–water partition coefficient (Wildman–Crippen LogP) is 3.74. The van der Waals surface area contributed by atoms with Crippen molar-refractivity contribution < 1.29 is 0 Å². The number of hydrogen-bond donors (Lipinski definition) is 0. The van der Waals surface area contributed by atoms with Gasteiger partial charge in [0, 0.05) is 12.2 Å². The van der Waals surface area contributed by atoms with Crippen LogP contribution in [0.15, 0.2) is 23.4 Å². The molecule has 94 valence electrons. The summed E-state index contributed by atoms with van der Waals surface area (Å²) in [5, 5.41) is 1.15. The molecule has 1 saturated heterocycles. The van der Waals surface area contributed by atoms with Gasteiger partial charge in [-0.05, 0) is 49.7 Å². The Morgan fingerprint density at radius 3 is 2.94 bits per heavy atom. The number of nitrogens with zero attached hydrogens (tertiary/aromatic N) is 2. The summed E-state index contributed by atoms with van der Waals surface area (Å²) in [5.41, 5.74) is 1.40. The molecule has 17 heavy (non-hydrogen) atoms. The van der Waals surface area contributed by atoms with E-state index in [-0.39, 0.29) is 0 Å². The van der Waals surface area contributed by atoms with Crippen LogP contribution in [0.3, 0.4) is 0 Å². The normalized spacial score (nSPS) is 20.9. The van der Waals surface area contributed by atoms with Crippen molar-refractivity contribution in [1.29, 1.82) is 0 Å². The van der Waals surface area contributed by atoms with Gasteiger partial charge in [-0.25, -0.2) is 4.98 Å². The maximum atomic E-state index is 4.54. The first-order valence-corrected chi connectivity index (χ1v) is 7.66. The van der Waals surface area contributed by atoms with Crippen LogP contribution in [0.1, 0.15) is 44.7 Å². The molecule has 1 atom stereocenters. The van der Waals surface area contributed by atoms with E-state index in [4.69, 9.17) is 0 Å². The minimum absolute atomic E-state index is 0.614. The van der Waals surface area contributed by atoms with Crippen LogP contribution in [-0.4, -0.2) is 28.7 Å². The van der Waals surface area contributed by atoms with Gasteiger partial charge in [-0.3, -0.25) is 4.90 Å². The first kappa shape index (κ1) is 12.9. The van der Waals surface area contributed by atoms with E-state index in [1.165, 1.54) is 37.9 Å². The van der Waals surface area contributed by atoms with Gasteiger partial charge in [-0.2, -0.15) is 0 Å². The SMILES string of the molecule is CCCN1CCC[C@@H]1c1ccc(SCC)nc1. The van der Waals surface area contributed by atoms with Crippen LogP contribution >= 0.6 is 11.8 Å². The molecule has 1 aliphatic heterocycles. The van der Waals surface area contributed by atoms with Crippen molar-refractivity contribution in [2.45, 2.75) is 44.2 Å². The van der Waals surface area contributed by atoms with Crippen LogP contribution in [0.25, 0.3) is 0 Å². The standard InChI is InChI=1S/C14H22N2S/c1-3-9-16-10-5-6-13(16)12-7-8-14(15-11-12)17-4-2/h7-8,11,13H,3-6,9-10H2,1-2H3/t13-/m1/s1. The van der Waals surface area contributed by atoms with Crippen LogP contribution in [-0.2, 0) is 0 Å². The van der Waals surface area contributed by atoms with Gasteiger partial charge in [0.15, 0.2) is 0 Å². The molecule has 0 saturated carbocycles. The van der Waals surface area contributed by atoms with E-state index >= 15 is 0 Å². The molecular weight excluding hydrogens is 228 g/mol. The molecule has 1 fully saturated rings. The first-order chi connectivity index (χ1) is 8.35. The molecular formula is C14H22N2S. The highest BCUT2D eigenvalue weighted by Crippen LogP contribution is 2.32. The average molecular weight is 250 g/mol. The molecule has 1 aliphatic rings. The number of rotatable bonds is 5. The van der Waals surface area contributed by atoms with Gasteiger partial charge in [0.2, 0.25) is 0 Å². The Morgan fingerprint density at radius 1 is 1.41 bits per heavy atom. The van der Waals surface area contributed by atoms with Crippen molar-refractivity contribution in [2.75, 3.05) is 18.8 Å². The Labute approximate surface area is 109 Å². The lowest BCUT2D eigenvalue weighted by atomic mass is 10.1. The maximum Gasteiger partial charge on any atom is 0.0959 e. The molecule has 2 heterocycles. The Bertz CT molecular complexity index is 337. The molecule has 1 aromatic heterocycles. The Hall–Kier alpha value is -0.540. The molecule has 2 rings (SSSR count). The van der Waals surface area contributed by atoms with Gasteiger partial charge in [0.25, 0.3) is 0 Å². The maximum absolute atomic E-state index is 4.54. The van der Waals surface area contributed by atoms with Crippen LogP contribution in [0.2, 0.25) is 0 Å². The molecule has 0 spiro atoms. The van der Waals surface area contributed by atoms with E-state index in [1.54, 1.807) is 0 Å². The zero-order valence-electron chi connectivity index (χ0n) is 10.9. The van der Waals surface area contributed by atoms with Crippen molar-refractivity contribution in [3.8, 4) is 0 Å². The van der Waals surface area contributed by atoms with E-state index in [0.717, 1.165) is 10.8 Å². The first-order valence-electron chi connectivity index (χ1n) is 6.68. The van der Waals surface area contributed by atoms with E-state index in [1.807, 2.05) is 11.8 Å². The molecule has 0 bridgehead atoms. The Balaban J connectivity index is 2.05. The molecule has 0 aliphatic carbocycles. The van der Waals surface area contributed by atoms with Crippen molar-refractivity contribution in [3.05, 3.63) is 23.9 Å². The summed E-state index contributed by atoms with van der Waals surface area (Å²) in [6, 6.07) is 5.05. The number of thioether (sulfide) groups is 1. The quantitative estimate of drug-likeness (QED) is 0.741. The molecule has 0 unspecified atom stereocenters. The largest absolute Gasteiger partial charge is 0.296 e. The van der Waals surface area contributed by atoms with Crippen LogP contribution < -0.4 is 0 Å². The second-order valence-electron chi connectivity index (χ2n) is 4.56. The second kappa shape index (κ2) is 6.41. The smallest absolute Gasteiger partial charge is 0.0959 e. The van der Waals surface area contributed by atoms with Gasteiger partial charge in [0.05, 0.1) is 5.03 Å². The summed E-state index contributed by atoms with van der Waals surface area (Å²) in [4.78, 5) is 7.14. The Kier molecular flexibility index (Phi) is 4.86. The lowest BCUT2D eigenvalue weighted by Gasteiger charge is -2.23. The second-order valence-corrected chi connectivity index (χ2v) is 5.84. The fraction of sp³-hybridized carbons (Fsp3) is 0.643. The fourth-order valence-corrected chi connectivity index (χ4v) is 3.17. The van der Waals surface area contributed by atoms with E-state index in [2.05, 4.69) is 42.1 Å². The van der Waals surface area contributed by atoms with Crippen LogP contribution in [0.5, 0.6) is 0 Å². The van der Waals surface area contributed by atoms with Gasteiger partial charge >= 0.3 is 0 Å². The van der Waals surface area contributed by atoms with E-state index in [9.17, 15) is 0 Å². The highest BCUT2D eigenvalue weighted by atomic mass is 32.2. The summed E-state index contributed by atoms with van der Waals surface area (Å²) >= 11 is 1.81. The van der Waals surface area contributed by atoms with Gasteiger partial charge < -0.3 is 0 Å². The molecule has 0 radical (unpaired) electrons. The monoisotopic (exact) mass is 250 g/mol. The van der Waals surface area contributed by atoms with E-state index in [0.29, 0.717) is 6.04 Å². The summed E-state index contributed by atoms with van der Waals surface area (Å²) < 4.78 is 0. The van der Waals surface area contributed by atoms with Crippen LogP contribution in [0.4, 0.5) is 0 Å². The lowest BCUT2D eigenvalue weighted by molar-refractivity contribution is 0.257. The highest BCUT2D eigenvalue weighted by Gasteiger charge is 2.25. The van der Waals surface area contributed by atoms with E-state index < -0.39 is 0 Å². The third kappa shape index (κ3) is 3.23. The number of likely N-dealkylation sites (tertiary alicyclic amines) is 1. The molecule has 0 N–H and O–H groups in total. The third-order valence-electron chi connectivity index (χ3n) is 3.31. The van der Waals surface area contributed by atoms with Crippen molar-refractivity contribution in [1.82, 2.24) is 9.88 Å². The minimum Gasteiger partial charge on any atom is -0.296 e. The van der Waals surface area contributed by atoms with Crippen molar-refractivity contribution in [2.24, 2.45) is 0 Å². The summed E-state index contributed by atoms with van der Waals surface area (Å²) in [5.74, 6) is 1.09. The number of pyridine rings is 1. The molecule has 1 aromatic rings. The topological polar surface area (TPSA) is 16.1 Å². The third-order valence-corrected chi connectivity index (χ3v) is 4.14. The van der Waals surface area contributed by atoms with Gasteiger partial charge in [0.1, 0.15) is 0 Å². The number of aromatic nitrogens is 1. The van der Waals surface area contributed by atoms with Crippen molar-refractivity contribution in [3.63, 3.8) is 0 Å². The zero-order valence-corrected chi connectivity index (χ0v) is 11.7.